The number of hydrogen-bond donors (Lipinski definition) is 1. The smallest absolute Gasteiger partial charge is 0.200 e. The molecule has 16 heavy (non-hydrogen) atoms. The van der Waals surface area contributed by atoms with Gasteiger partial charge < -0.3 is 10.1 Å². The summed E-state index contributed by atoms with van der Waals surface area (Å²) in [6, 6.07) is 3.57. The number of hydrogen-bond acceptors (Lipinski definition) is 6. The molecule has 86 valence electrons. The van der Waals surface area contributed by atoms with Gasteiger partial charge in [-0.25, -0.2) is 0 Å². The molecule has 0 bridgehead atoms. The molecule has 0 aliphatic carbocycles. The lowest BCUT2D eigenvalue weighted by atomic mass is 10.4. The van der Waals surface area contributed by atoms with E-state index in [0.29, 0.717) is 24.6 Å². The van der Waals surface area contributed by atoms with Gasteiger partial charge in [-0.05, 0) is 22.6 Å². The standard InChI is InChI=1S/C8H11ClN6O/c1-16-5-6(9)4-10-7-2-3-8-11-13-14-15(8)12-7/h2-3,6H,4-5H2,1H3,(H,10,12). The van der Waals surface area contributed by atoms with E-state index >= 15 is 0 Å². The molecule has 1 unspecified atom stereocenters. The van der Waals surface area contributed by atoms with Crippen molar-refractivity contribution in [2.75, 3.05) is 25.6 Å². The molecule has 1 atom stereocenters. The Morgan fingerprint density at radius 1 is 1.56 bits per heavy atom. The van der Waals surface area contributed by atoms with Gasteiger partial charge in [0.05, 0.1) is 12.0 Å². The second-order valence-electron chi connectivity index (χ2n) is 3.18. The number of nitrogens with zero attached hydrogens (tertiary/aromatic N) is 5. The van der Waals surface area contributed by atoms with Gasteiger partial charge >= 0.3 is 0 Å². The van der Waals surface area contributed by atoms with Gasteiger partial charge in [-0.15, -0.1) is 26.4 Å². The Bertz CT molecular complexity index is 460. The van der Waals surface area contributed by atoms with Crippen molar-refractivity contribution in [1.29, 1.82) is 0 Å². The zero-order valence-corrected chi connectivity index (χ0v) is 9.42. The molecule has 7 nitrogen and oxygen atoms in total. The number of halogens is 1. The third-order valence-electron chi connectivity index (χ3n) is 1.92. The Morgan fingerprint density at radius 2 is 2.44 bits per heavy atom. The highest BCUT2D eigenvalue weighted by Gasteiger charge is 2.05. The third-order valence-corrected chi connectivity index (χ3v) is 2.20. The number of alkyl halides is 1. The number of rotatable bonds is 5. The lowest BCUT2D eigenvalue weighted by Crippen LogP contribution is -2.19. The van der Waals surface area contributed by atoms with Crippen LogP contribution < -0.4 is 5.32 Å². The first kappa shape index (κ1) is 11.0. The van der Waals surface area contributed by atoms with Gasteiger partial charge in [-0.3, -0.25) is 0 Å². The quantitative estimate of drug-likeness (QED) is 0.754. The molecule has 2 rings (SSSR count). The molecule has 2 heterocycles. The van der Waals surface area contributed by atoms with Crippen LogP contribution in [0.25, 0.3) is 5.65 Å². The topological polar surface area (TPSA) is 77.2 Å². The fraction of sp³-hybridized carbons (Fsp3) is 0.500. The Labute approximate surface area is 96.7 Å². The van der Waals surface area contributed by atoms with E-state index in [1.54, 1.807) is 19.2 Å². The van der Waals surface area contributed by atoms with Crippen LogP contribution in [0.4, 0.5) is 5.82 Å². The molecule has 1 N–H and O–H groups in total. The predicted octanol–water partition coefficient (Wildman–Crippen LogP) is 0.185. The van der Waals surface area contributed by atoms with Crippen LogP contribution in [-0.2, 0) is 4.74 Å². The largest absolute Gasteiger partial charge is 0.383 e. The van der Waals surface area contributed by atoms with Crippen LogP contribution in [0.5, 0.6) is 0 Å². The average Bonchev–Trinajstić information content (AvgIpc) is 2.74. The number of methoxy groups -OCH3 is 1. The summed E-state index contributed by atoms with van der Waals surface area (Å²) in [5, 5.41) is 18.0. The minimum atomic E-state index is -0.101. The molecule has 0 fully saturated rings. The summed E-state index contributed by atoms with van der Waals surface area (Å²) in [4.78, 5) is 0. The molecule has 0 aliphatic rings. The maximum absolute atomic E-state index is 5.97. The Balaban J connectivity index is 1.98. The van der Waals surface area contributed by atoms with Crippen molar-refractivity contribution >= 4 is 23.1 Å². The van der Waals surface area contributed by atoms with Crippen LogP contribution in [0.1, 0.15) is 0 Å². The molecule has 0 aromatic carbocycles. The minimum absolute atomic E-state index is 0.101. The Hall–Kier alpha value is -1.47. The summed E-state index contributed by atoms with van der Waals surface area (Å²) in [5.74, 6) is 0.668. The van der Waals surface area contributed by atoms with Crippen molar-refractivity contribution in [3.63, 3.8) is 0 Å². The van der Waals surface area contributed by atoms with Crippen LogP contribution >= 0.6 is 11.6 Å². The second-order valence-corrected chi connectivity index (χ2v) is 3.80. The van der Waals surface area contributed by atoms with Crippen LogP contribution in [0.15, 0.2) is 12.1 Å². The summed E-state index contributed by atoms with van der Waals surface area (Å²) in [7, 11) is 1.61. The van der Waals surface area contributed by atoms with E-state index in [4.69, 9.17) is 16.3 Å². The molecule has 2 aromatic rings. The van der Waals surface area contributed by atoms with Crippen molar-refractivity contribution in [1.82, 2.24) is 25.3 Å². The zero-order chi connectivity index (χ0) is 11.4. The molecule has 0 radical (unpaired) electrons. The van der Waals surface area contributed by atoms with Crippen LogP contribution in [0, 0.1) is 0 Å². The lowest BCUT2D eigenvalue weighted by Gasteiger charge is -2.09. The van der Waals surface area contributed by atoms with Gasteiger partial charge in [0, 0.05) is 13.7 Å². The fourth-order valence-corrected chi connectivity index (χ4v) is 1.40. The van der Waals surface area contributed by atoms with E-state index in [1.807, 2.05) is 0 Å². The van der Waals surface area contributed by atoms with Crippen molar-refractivity contribution in [3.05, 3.63) is 12.1 Å². The normalized spacial score (nSPS) is 12.9. The highest BCUT2D eigenvalue weighted by molar-refractivity contribution is 6.21. The van der Waals surface area contributed by atoms with Crippen LogP contribution in [0.2, 0.25) is 0 Å². The number of ether oxygens (including phenoxy) is 1. The highest BCUT2D eigenvalue weighted by atomic mass is 35.5. The summed E-state index contributed by atoms with van der Waals surface area (Å²) >= 11 is 5.97. The molecule has 0 saturated carbocycles. The first-order chi connectivity index (χ1) is 7.79. The van der Waals surface area contributed by atoms with Crippen molar-refractivity contribution in [2.24, 2.45) is 0 Å². The molecular weight excluding hydrogens is 232 g/mol. The van der Waals surface area contributed by atoms with Gasteiger partial charge in [0.2, 0.25) is 0 Å². The monoisotopic (exact) mass is 242 g/mol. The fourth-order valence-electron chi connectivity index (χ4n) is 1.20. The number of anilines is 1. The SMILES string of the molecule is COCC(Cl)CNc1ccc2nnnn2n1. The predicted molar refractivity (Wildman–Crippen MR) is 58.6 cm³/mol. The second kappa shape index (κ2) is 5.04. The van der Waals surface area contributed by atoms with E-state index in [1.165, 1.54) is 4.63 Å². The van der Waals surface area contributed by atoms with E-state index < -0.39 is 0 Å². The Kier molecular flexibility index (Phi) is 3.47. The molecule has 0 aliphatic heterocycles. The summed E-state index contributed by atoms with van der Waals surface area (Å²) in [6.07, 6.45) is 0. The summed E-state index contributed by atoms with van der Waals surface area (Å²) in [6.45, 7) is 1.05. The van der Waals surface area contributed by atoms with Crippen LogP contribution in [-0.4, -0.2) is 50.9 Å². The van der Waals surface area contributed by atoms with E-state index in [-0.39, 0.29) is 5.38 Å². The molecule has 0 spiro atoms. The van der Waals surface area contributed by atoms with Gasteiger partial charge in [-0.2, -0.15) is 0 Å². The molecular formula is C8H11ClN6O. The van der Waals surface area contributed by atoms with Crippen molar-refractivity contribution < 1.29 is 4.74 Å². The first-order valence-electron chi connectivity index (χ1n) is 4.72. The average molecular weight is 243 g/mol. The Morgan fingerprint density at radius 3 is 3.25 bits per heavy atom. The van der Waals surface area contributed by atoms with Crippen molar-refractivity contribution in [3.8, 4) is 0 Å². The van der Waals surface area contributed by atoms with Gasteiger partial charge in [0.25, 0.3) is 0 Å². The van der Waals surface area contributed by atoms with E-state index in [2.05, 4.69) is 25.9 Å². The number of nitrogens with one attached hydrogen (secondary N) is 1. The molecule has 0 amide bonds. The maximum atomic E-state index is 5.97. The highest BCUT2D eigenvalue weighted by Crippen LogP contribution is 2.04. The minimum Gasteiger partial charge on any atom is -0.383 e. The summed E-state index contributed by atoms with van der Waals surface area (Å²) in [5.41, 5.74) is 0.602. The molecule has 2 aromatic heterocycles. The lowest BCUT2D eigenvalue weighted by molar-refractivity contribution is 0.200. The van der Waals surface area contributed by atoms with E-state index in [0.717, 1.165) is 0 Å². The van der Waals surface area contributed by atoms with Crippen molar-refractivity contribution in [2.45, 2.75) is 5.38 Å². The number of fused-ring (bicyclic) bond motifs is 1. The number of aromatic nitrogens is 5. The maximum Gasteiger partial charge on any atom is 0.200 e. The van der Waals surface area contributed by atoms with Gasteiger partial charge in [0.15, 0.2) is 5.65 Å². The molecule has 0 saturated heterocycles. The van der Waals surface area contributed by atoms with E-state index in [9.17, 15) is 0 Å². The van der Waals surface area contributed by atoms with Crippen LogP contribution in [0.3, 0.4) is 0 Å². The third kappa shape index (κ3) is 2.56. The summed E-state index contributed by atoms with van der Waals surface area (Å²) < 4.78 is 6.27. The number of tetrazole rings is 1. The van der Waals surface area contributed by atoms with Gasteiger partial charge in [0.1, 0.15) is 5.82 Å². The van der Waals surface area contributed by atoms with Gasteiger partial charge in [-0.1, -0.05) is 0 Å². The zero-order valence-electron chi connectivity index (χ0n) is 8.67. The first-order valence-corrected chi connectivity index (χ1v) is 5.15. The molecule has 8 heteroatoms.